The third-order valence-electron chi connectivity index (χ3n) is 6.31. The number of allylic oxidation sites excluding steroid dienone is 4. The van der Waals surface area contributed by atoms with E-state index in [2.05, 4.69) is 43.1 Å². The lowest BCUT2D eigenvalue weighted by atomic mass is 9.72. The van der Waals surface area contributed by atoms with Crippen molar-refractivity contribution in [1.29, 1.82) is 0 Å². The van der Waals surface area contributed by atoms with E-state index in [1.807, 2.05) is 65.2 Å². The van der Waals surface area contributed by atoms with Crippen LogP contribution in [0.1, 0.15) is 80.5 Å². The molecule has 0 saturated carbocycles. The van der Waals surface area contributed by atoms with Gasteiger partial charge in [0.15, 0.2) is 5.78 Å². The number of carbonyl (C=O) groups excluding carboxylic acids is 2. The molecule has 0 aliphatic heterocycles. The van der Waals surface area contributed by atoms with Gasteiger partial charge in [-0.2, -0.15) is 0 Å². The lowest BCUT2D eigenvalue weighted by Gasteiger charge is -2.30. The molecule has 1 aromatic heterocycles. The average Bonchev–Trinajstić information content (AvgIpc) is 3.07. The molecule has 1 aromatic carbocycles. The van der Waals surface area contributed by atoms with Crippen LogP contribution in [0.2, 0.25) is 0 Å². The Bertz CT molecular complexity index is 1360. The summed E-state index contributed by atoms with van der Waals surface area (Å²) in [6.07, 6.45) is 3.67. The molecule has 0 fully saturated rings. The summed E-state index contributed by atoms with van der Waals surface area (Å²) in [4.78, 5) is 27.1. The summed E-state index contributed by atoms with van der Waals surface area (Å²) in [5, 5.41) is 9.27. The van der Waals surface area contributed by atoms with Crippen LogP contribution in [0.5, 0.6) is 0 Å². The number of Topliss-reactive ketones (excluding diaryl/α,β-unsaturated/α-hetero) is 1. The second kappa shape index (κ2) is 10.4. The highest BCUT2D eigenvalue weighted by atomic mass is 32.1. The van der Waals surface area contributed by atoms with Crippen LogP contribution in [0, 0.1) is 38.5 Å². The van der Waals surface area contributed by atoms with Gasteiger partial charge in [-0.05, 0) is 68.7 Å². The molecule has 1 aliphatic rings. The van der Waals surface area contributed by atoms with Crippen LogP contribution in [-0.2, 0) is 9.53 Å². The Labute approximate surface area is 224 Å². The monoisotopic (exact) mass is 521 g/mol. The molecule has 0 spiro atoms. The normalized spacial score (nSPS) is 15.1. The van der Waals surface area contributed by atoms with Crippen LogP contribution in [0.3, 0.4) is 0 Å². The molecule has 3 rings (SSSR count). The second-order valence-electron chi connectivity index (χ2n) is 11.7. The highest BCUT2D eigenvalue weighted by molar-refractivity contribution is 7.11. The molecule has 7 heteroatoms. The number of aromatic nitrogens is 1. The molecule has 37 heavy (non-hydrogen) atoms. The van der Waals surface area contributed by atoms with Gasteiger partial charge in [-0.1, -0.05) is 70.6 Å². The molecule has 0 N–H and O–H groups in total. The first-order valence-corrected chi connectivity index (χ1v) is 13.5. The minimum atomic E-state index is -0.372. The number of carbonyl (C=O) groups is 2. The first kappa shape index (κ1) is 28.5. The Morgan fingerprint density at radius 1 is 0.919 bits per heavy atom. The van der Waals surface area contributed by atoms with Gasteiger partial charge in [0.1, 0.15) is 4.88 Å². The fraction of sp³-hybridized carbons (Fsp3) is 0.467. The van der Waals surface area contributed by atoms with E-state index in [9.17, 15) is 9.59 Å². The molecule has 198 valence electrons. The molecule has 0 saturated heterocycles. The number of aryl methyl sites for hydroxylation is 3. The van der Waals surface area contributed by atoms with E-state index in [4.69, 9.17) is 4.74 Å². The van der Waals surface area contributed by atoms with Crippen LogP contribution < -0.4 is 4.80 Å². The van der Waals surface area contributed by atoms with Gasteiger partial charge in [0, 0.05) is 16.8 Å². The maximum Gasteiger partial charge on any atom is 0.350 e. The minimum Gasteiger partial charge on any atom is -0.462 e. The first-order chi connectivity index (χ1) is 17.1. The topological polar surface area (TPSA) is 73.0 Å². The van der Waals surface area contributed by atoms with Crippen LogP contribution >= 0.6 is 11.3 Å². The van der Waals surface area contributed by atoms with E-state index in [-0.39, 0.29) is 22.6 Å². The lowest BCUT2D eigenvalue weighted by molar-refractivity contribution is -0.114. The zero-order valence-electron chi connectivity index (χ0n) is 24.0. The minimum absolute atomic E-state index is 0.0523. The first-order valence-electron chi connectivity index (χ1n) is 12.6. The van der Waals surface area contributed by atoms with Crippen molar-refractivity contribution in [3.8, 4) is 5.69 Å². The summed E-state index contributed by atoms with van der Waals surface area (Å²) >= 11 is 1.26. The smallest absolute Gasteiger partial charge is 0.350 e. The summed E-state index contributed by atoms with van der Waals surface area (Å²) in [5.74, 6) is -0.320. The Morgan fingerprint density at radius 2 is 1.43 bits per heavy atom. The van der Waals surface area contributed by atoms with Gasteiger partial charge in [0.2, 0.25) is 4.80 Å². The summed E-state index contributed by atoms with van der Waals surface area (Å²) in [6.45, 7) is 22.4. The predicted octanol–water partition coefficient (Wildman–Crippen LogP) is 6.73. The largest absolute Gasteiger partial charge is 0.462 e. The zero-order chi connectivity index (χ0) is 27.9. The summed E-state index contributed by atoms with van der Waals surface area (Å²) in [6, 6.07) is 4.24. The lowest BCUT2D eigenvalue weighted by Crippen LogP contribution is -2.29. The second-order valence-corrected chi connectivity index (χ2v) is 12.6. The molecule has 1 heterocycles. The maximum atomic E-state index is 13.3. The van der Waals surface area contributed by atoms with Gasteiger partial charge in [0.25, 0.3) is 0 Å². The Kier molecular flexibility index (Phi) is 7.99. The molecule has 6 nitrogen and oxygen atoms in total. The number of hydrogen-bond acceptors (Lipinski definition) is 6. The van der Waals surface area contributed by atoms with Crippen molar-refractivity contribution in [2.24, 2.45) is 21.0 Å². The number of ketones is 1. The predicted molar refractivity (Wildman–Crippen MR) is 152 cm³/mol. The maximum absolute atomic E-state index is 13.3. The number of esters is 1. The van der Waals surface area contributed by atoms with E-state index < -0.39 is 0 Å². The van der Waals surface area contributed by atoms with E-state index in [0.29, 0.717) is 33.1 Å². The number of rotatable bonds is 4. The summed E-state index contributed by atoms with van der Waals surface area (Å²) in [5.41, 5.74) is 6.42. The van der Waals surface area contributed by atoms with Gasteiger partial charge < -0.3 is 4.74 Å². The van der Waals surface area contributed by atoms with Crippen molar-refractivity contribution in [3.05, 3.63) is 67.5 Å². The molecular weight excluding hydrogens is 482 g/mol. The van der Waals surface area contributed by atoms with Crippen molar-refractivity contribution >= 4 is 28.8 Å². The Morgan fingerprint density at radius 3 is 1.89 bits per heavy atom. The Balaban J connectivity index is 2.33. The van der Waals surface area contributed by atoms with E-state index in [1.54, 1.807) is 6.92 Å². The molecule has 0 amide bonds. The third-order valence-corrected chi connectivity index (χ3v) is 7.42. The van der Waals surface area contributed by atoms with Gasteiger partial charge >= 0.3 is 5.97 Å². The van der Waals surface area contributed by atoms with Crippen molar-refractivity contribution < 1.29 is 14.3 Å². The molecule has 0 radical (unpaired) electrons. The van der Waals surface area contributed by atoms with Crippen molar-refractivity contribution in [1.82, 2.24) is 4.57 Å². The number of nitrogens with zero attached hydrogens (tertiary/aromatic N) is 3. The van der Waals surface area contributed by atoms with E-state index in [0.717, 1.165) is 22.5 Å². The molecule has 0 bridgehead atoms. The van der Waals surface area contributed by atoms with Crippen molar-refractivity contribution in [2.75, 3.05) is 6.61 Å². The fourth-order valence-electron chi connectivity index (χ4n) is 4.58. The van der Waals surface area contributed by atoms with Gasteiger partial charge in [-0.15, -0.1) is 10.2 Å². The van der Waals surface area contributed by atoms with Gasteiger partial charge in [-0.3, -0.25) is 9.36 Å². The number of benzene rings is 1. The number of hydrogen-bond donors (Lipinski definition) is 0. The highest BCUT2D eigenvalue weighted by Crippen LogP contribution is 2.37. The highest BCUT2D eigenvalue weighted by Gasteiger charge is 2.34. The third kappa shape index (κ3) is 5.93. The standard InChI is InChI=1S/C30H39N3O3S/c1-12-36-27(35)26-20(5)33(24-18(3)13-17(2)14-19(24)4)28(37-26)32-31-21-15-22(29(6,7)8)25(34)23(16-21)30(9,10)11/h13-16H,12H2,1-11H3/b32-28+. The molecular formula is C30H39N3O3S. The van der Waals surface area contributed by atoms with Crippen molar-refractivity contribution in [3.63, 3.8) is 0 Å². The quantitative estimate of drug-likeness (QED) is 0.254. The van der Waals surface area contributed by atoms with E-state index in [1.165, 1.54) is 16.9 Å². The van der Waals surface area contributed by atoms with Crippen molar-refractivity contribution in [2.45, 2.75) is 76.2 Å². The van der Waals surface area contributed by atoms with Gasteiger partial charge in [-0.25, -0.2) is 4.79 Å². The fourth-order valence-corrected chi connectivity index (χ4v) is 5.55. The summed E-state index contributed by atoms with van der Waals surface area (Å²) < 4.78 is 7.31. The van der Waals surface area contributed by atoms with Crippen LogP contribution in [0.25, 0.3) is 5.69 Å². The number of thiazole rings is 1. The number of ether oxygens (including phenoxy) is 1. The molecule has 0 unspecified atom stereocenters. The SMILES string of the molecule is CCOC(=O)c1s/c(=N/N=C2C=C(C(C)(C)C)C(=O)C(C(C)(C)C)=C2)n(-c2c(C)cc(C)cc2C)c1C. The molecule has 0 atom stereocenters. The molecule has 1 aliphatic carbocycles. The van der Waals surface area contributed by atoms with Gasteiger partial charge in [0.05, 0.1) is 18.0 Å². The van der Waals surface area contributed by atoms with E-state index >= 15 is 0 Å². The van der Waals surface area contributed by atoms with Crippen LogP contribution in [-0.4, -0.2) is 28.6 Å². The molecule has 2 aromatic rings. The summed E-state index contributed by atoms with van der Waals surface area (Å²) in [7, 11) is 0. The zero-order valence-corrected chi connectivity index (χ0v) is 24.8. The average molecular weight is 522 g/mol. The van der Waals surface area contributed by atoms with Crippen LogP contribution in [0.15, 0.2) is 45.6 Å². The Hall–Kier alpha value is -3.06. The van der Waals surface area contributed by atoms with Crippen LogP contribution in [0.4, 0.5) is 0 Å².